The Morgan fingerprint density at radius 2 is 1.45 bits per heavy atom. The first-order valence-corrected chi connectivity index (χ1v) is 7.26. The van der Waals surface area contributed by atoms with Gasteiger partial charge in [-0.05, 0) is 0 Å². The summed E-state index contributed by atoms with van der Waals surface area (Å²) in [6.07, 6.45) is 0. The van der Waals surface area contributed by atoms with Crippen molar-refractivity contribution < 1.29 is 0 Å². The summed E-state index contributed by atoms with van der Waals surface area (Å²) in [7, 11) is 0. The molecule has 11 heavy (non-hydrogen) atoms. The fraction of sp³-hybridized carbons (Fsp3) is 0.400. The van der Waals surface area contributed by atoms with Crippen molar-refractivity contribution in [2.24, 2.45) is 0 Å². The Balaban J connectivity index is 3.21. The molecule has 0 spiro atoms. The predicted octanol–water partition coefficient (Wildman–Crippen LogP) is 1.99. The van der Waals surface area contributed by atoms with Gasteiger partial charge in [0.1, 0.15) is 0 Å². The summed E-state index contributed by atoms with van der Waals surface area (Å²) in [6.45, 7) is 6.60. The standard InChI is InChI=1S/C10H14Te/c1-7-5-9(3)10(11-4)6-8(7)2/h5-6H,1-4H3. The van der Waals surface area contributed by atoms with Gasteiger partial charge >= 0.3 is 79.1 Å². The topological polar surface area (TPSA) is 0 Å². The van der Waals surface area contributed by atoms with Gasteiger partial charge in [0, 0.05) is 0 Å². The van der Waals surface area contributed by atoms with Crippen molar-refractivity contribution in [2.45, 2.75) is 25.7 Å². The number of aryl methyl sites for hydroxylation is 3. The SMILES string of the molecule is C[Te]c1cc(C)c(C)cc1C. The molecule has 1 rings (SSSR count). The Morgan fingerprint density at radius 1 is 0.909 bits per heavy atom. The van der Waals surface area contributed by atoms with Gasteiger partial charge in [0.15, 0.2) is 0 Å². The van der Waals surface area contributed by atoms with Crippen LogP contribution in [0.2, 0.25) is 4.97 Å². The van der Waals surface area contributed by atoms with Crippen LogP contribution in [0.5, 0.6) is 0 Å². The molecule has 0 bridgehead atoms. The van der Waals surface area contributed by atoms with Gasteiger partial charge in [0.05, 0.1) is 0 Å². The quantitative estimate of drug-likeness (QED) is 0.679. The van der Waals surface area contributed by atoms with E-state index in [0.717, 1.165) is 0 Å². The molecule has 0 heterocycles. The molecule has 0 fully saturated rings. The zero-order valence-electron chi connectivity index (χ0n) is 7.56. The van der Waals surface area contributed by atoms with Crippen LogP contribution in [0.15, 0.2) is 12.1 Å². The van der Waals surface area contributed by atoms with E-state index in [2.05, 4.69) is 37.9 Å². The summed E-state index contributed by atoms with van der Waals surface area (Å²) in [4.78, 5) is 2.34. The summed E-state index contributed by atoms with van der Waals surface area (Å²) in [5, 5.41) is 0. The van der Waals surface area contributed by atoms with E-state index in [1.807, 2.05) is 0 Å². The van der Waals surface area contributed by atoms with Gasteiger partial charge in [-0.25, -0.2) is 0 Å². The Morgan fingerprint density at radius 3 is 2.00 bits per heavy atom. The van der Waals surface area contributed by atoms with Crippen molar-refractivity contribution in [3.05, 3.63) is 28.8 Å². The molecule has 0 N–H and O–H groups in total. The second-order valence-electron chi connectivity index (χ2n) is 2.91. The molecule has 1 aromatic carbocycles. The van der Waals surface area contributed by atoms with Crippen molar-refractivity contribution in [2.75, 3.05) is 0 Å². The van der Waals surface area contributed by atoms with Gasteiger partial charge in [-0.1, -0.05) is 0 Å². The number of benzene rings is 1. The van der Waals surface area contributed by atoms with Gasteiger partial charge in [0.25, 0.3) is 0 Å². The number of hydrogen-bond donors (Lipinski definition) is 0. The first-order chi connectivity index (χ1) is 5.15. The second-order valence-corrected chi connectivity index (χ2v) is 5.33. The van der Waals surface area contributed by atoms with Crippen LogP contribution in [0.1, 0.15) is 16.7 Å². The average Bonchev–Trinajstić information content (AvgIpc) is 1.97. The maximum absolute atomic E-state index is 2.35. The van der Waals surface area contributed by atoms with Gasteiger partial charge in [-0.3, -0.25) is 0 Å². The van der Waals surface area contributed by atoms with Crippen LogP contribution in [0.25, 0.3) is 0 Å². The molecule has 0 saturated carbocycles. The molecule has 0 saturated heterocycles. The Kier molecular flexibility index (Phi) is 2.98. The molecule has 60 valence electrons. The van der Waals surface area contributed by atoms with Crippen molar-refractivity contribution in [3.63, 3.8) is 0 Å². The molecule has 0 aromatic heterocycles. The fourth-order valence-corrected chi connectivity index (χ4v) is 3.08. The van der Waals surface area contributed by atoms with Crippen LogP contribution in [-0.2, 0) is 0 Å². The normalized spacial score (nSPS) is 10.2. The molecule has 0 unspecified atom stereocenters. The molecule has 0 amide bonds. The second kappa shape index (κ2) is 3.61. The molecule has 0 radical (unpaired) electrons. The summed E-state index contributed by atoms with van der Waals surface area (Å²) in [5.74, 6) is 0. The van der Waals surface area contributed by atoms with Gasteiger partial charge in [-0.2, -0.15) is 0 Å². The zero-order chi connectivity index (χ0) is 8.43. The molecule has 1 heteroatoms. The molecular weight excluding hydrogens is 248 g/mol. The fourth-order valence-electron chi connectivity index (χ4n) is 1.15. The first kappa shape index (κ1) is 9.10. The number of rotatable bonds is 1. The maximum atomic E-state index is 2.35. The molecule has 0 aliphatic carbocycles. The van der Waals surface area contributed by atoms with Gasteiger partial charge in [-0.15, -0.1) is 0 Å². The summed E-state index contributed by atoms with van der Waals surface area (Å²) in [6, 6.07) is 4.66. The molecule has 1 aromatic rings. The Hall–Kier alpha value is 0.00961. The minimum atomic E-state index is 0.0967. The molecule has 0 atom stereocenters. The van der Waals surface area contributed by atoms with E-state index in [4.69, 9.17) is 0 Å². The number of hydrogen-bond acceptors (Lipinski definition) is 0. The van der Waals surface area contributed by atoms with E-state index in [9.17, 15) is 0 Å². The molecule has 0 nitrogen and oxygen atoms in total. The van der Waals surface area contributed by atoms with E-state index < -0.39 is 0 Å². The monoisotopic (exact) mass is 264 g/mol. The van der Waals surface area contributed by atoms with Crippen molar-refractivity contribution >= 4 is 24.5 Å². The van der Waals surface area contributed by atoms with Crippen molar-refractivity contribution in [1.82, 2.24) is 0 Å². The van der Waals surface area contributed by atoms with Crippen LogP contribution >= 0.6 is 0 Å². The van der Waals surface area contributed by atoms with E-state index in [-0.39, 0.29) is 20.9 Å². The first-order valence-electron chi connectivity index (χ1n) is 3.77. The van der Waals surface area contributed by atoms with Crippen LogP contribution in [0.3, 0.4) is 0 Å². The molecule has 0 aliphatic rings. The van der Waals surface area contributed by atoms with Crippen molar-refractivity contribution in [3.8, 4) is 0 Å². The van der Waals surface area contributed by atoms with Crippen LogP contribution in [0.4, 0.5) is 0 Å². The third kappa shape index (κ3) is 1.98. The van der Waals surface area contributed by atoms with Gasteiger partial charge < -0.3 is 0 Å². The third-order valence-electron chi connectivity index (χ3n) is 2.01. The third-order valence-corrected chi connectivity index (χ3v) is 4.52. The van der Waals surface area contributed by atoms with Crippen LogP contribution in [-0.4, -0.2) is 20.9 Å². The predicted molar refractivity (Wildman–Crippen MR) is 51.9 cm³/mol. The minimum absolute atomic E-state index is 0.0967. The van der Waals surface area contributed by atoms with Crippen LogP contribution in [0, 0.1) is 20.8 Å². The summed E-state index contributed by atoms with van der Waals surface area (Å²) >= 11 is 0.0967. The Bertz CT molecular complexity index is 264. The van der Waals surface area contributed by atoms with Gasteiger partial charge in [0.2, 0.25) is 0 Å². The van der Waals surface area contributed by atoms with E-state index >= 15 is 0 Å². The zero-order valence-corrected chi connectivity index (χ0v) is 9.89. The summed E-state index contributed by atoms with van der Waals surface area (Å²) in [5.41, 5.74) is 4.35. The summed E-state index contributed by atoms with van der Waals surface area (Å²) < 4.78 is 1.61. The Labute approximate surface area is 79.1 Å². The van der Waals surface area contributed by atoms with E-state index in [0.29, 0.717) is 0 Å². The van der Waals surface area contributed by atoms with Crippen LogP contribution < -0.4 is 3.61 Å². The van der Waals surface area contributed by atoms with E-state index in [1.165, 1.54) is 16.7 Å². The van der Waals surface area contributed by atoms with Crippen molar-refractivity contribution in [1.29, 1.82) is 0 Å². The molecular formula is C10H14Te. The average molecular weight is 262 g/mol. The van der Waals surface area contributed by atoms with E-state index in [1.54, 1.807) is 3.61 Å². The molecule has 0 aliphatic heterocycles.